The molecule has 0 heterocycles. The third-order valence-electron chi connectivity index (χ3n) is 1.34. The zero-order chi connectivity index (χ0) is 8.43. The molecule has 0 aliphatic rings. The van der Waals surface area contributed by atoms with Crippen molar-refractivity contribution >= 4 is 33.7 Å². The predicted molar refractivity (Wildman–Crippen MR) is 52.9 cm³/mol. The Balaban J connectivity index is 3.15. The molecule has 1 aromatic carbocycles. The quantitative estimate of drug-likeness (QED) is 0.633. The van der Waals surface area contributed by atoms with E-state index in [-0.39, 0.29) is 0 Å². The molecule has 0 bridgehead atoms. The minimum absolute atomic E-state index is 0.458. The summed E-state index contributed by atoms with van der Waals surface area (Å²) in [4.78, 5) is 0.458. The van der Waals surface area contributed by atoms with Gasteiger partial charge in [-0.15, -0.1) is 0 Å². The lowest BCUT2D eigenvalue weighted by atomic mass is 10.2. The second-order valence-corrected chi connectivity index (χ2v) is 4.29. The van der Waals surface area contributed by atoms with Gasteiger partial charge in [0, 0.05) is 3.57 Å². The molecule has 11 heavy (non-hydrogen) atoms. The number of halogens is 1. The number of hydrogen-bond acceptors (Lipinski definition) is 1. The Morgan fingerprint density at radius 3 is 2.64 bits per heavy atom. The Kier molecular flexibility index (Phi) is 3.03. The molecule has 0 fully saturated rings. The first-order valence-corrected chi connectivity index (χ1v) is 5.17. The maximum absolute atomic E-state index is 10.6. The van der Waals surface area contributed by atoms with Gasteiger partial charge in [-0.25, -0.2) is 4.21 Å². The topological polar surface area (TPSA) is 37.3 Å². The van der Waals surface area contributed by atoms with Gasteiger partial charge in [0.15, 0.2) is 11.1 Å². The van der Waals surface area contributed by atoms with Crippen molar-refractivity contribution in [1.82, 2.24) is 0 Å². The van der Waals surface area contributed by atoms with E-state index in [4.69, 9.17) is 4.55 Å². The summed E-state index contributed by atoms with van der Waals surface area (Å²) in [5.41, 5.74) is 1.12. The van der Waals surface area contributed by atoms with Crippen molar-refractivity contribution in [2.75, 3.05) is 0 Å². The van der Waals surface area contributed by atoms with Crippen LogP contribution in [-0.2, 0) is 11.1 Å². The monoisotopic (exact) mass is 282 g/mol. The Hall–Kier alpha value is 0.0600. The number of benzene rings is 1. The highest BCUT2D eigenvalue weighted by Gasteiger charge is 2.00. The van der Waals surface area contributed by atoms with Crippen LogP contribution in [0, 0.1) is 10.5 Å². The molecule has 0 saturated heterocycles. The van der Waals surface area contributed by atoms with Crippen LogP contribution in [0.2, 0.25) is 0 Å². The molecule has 0 radical (unpaired) electrons. The minimum atomic E-state index is -1.85. The van der Waals surface area contributed by atoms with Crippen molar-refractivity contribution < 1.29 is 8.76 Å². The third kappa shape index (κ3) is 2.25. The lowest BCUT2D eigenvalue weighted by molar-refractivity contribution is 0.564. The second-order valence-electron chi connectivity index (χ2n) is 2.16. The normalized spacial score (nSPS) is 13.0. The van der Waals surface area contributed by atoms with Crippen LogP contribution in [0.3, 0.4) is 0 Å². The van der Waals surface area contributed by atoms with Crippen LogP contribution >= 0.6 is 22.6 Å². The molecule has 60 valence electrons. The summed E-state index contributed by atoms with van der Waals surface area (Å²) in [5, 5.41) is 0. The van der Waals surface area contributed by atoms with Crippen molar-refractivity contribution in [2.45, 2.75) is 11.8 Å². The molecule has 1 atom stereocenters. The standard InChI is InChI=1S/C7H7IO2S/c1-5-2-3-6(11(9)10)4-7(5)8/h2-4H,1H3,(H,9,10). The maximum Gasteiger partial charge on any atom is 0.186 e. The van der Waals surface area contributed by atoms with E-state index in [1.807, 2.05) is 13.0 Å². The average molecular weight is 282 g/mol. The largest absolute Gasteiger partial charge is 0.302 e. The van der Waals surface area contributed by atoms with Crippen LogP contribution in [0.25, 0.3) is 0 Å². The molecule has 0 aromatic heterocycles. The van der Waals surface area contributed by atoms with Crippen molar-refractivity contribution in [2.24, 2.45) is 0 Å². The minimum Gasteiger partial charge on any atom is -0.302 e. The molecule has 1 rings (SSSR count). The van der Waals surface area contributed by atoms with Gasteiger partial charge >= 0.3 is 0 Å². The van der Waals surface area contributed by atoms with Gasteiger partial charge in [-0.05, 0) is 47.2 Å². The van der Waals surface area contributed by atoms with E-state index in [0.29, 0.717) is 4.90 Å². The van der Waals surface area contributed by atoms with E-state index in [0.717, 1.165) is 9.13 Å². The molecular weight excluding hydrogens is 275 g/mol. The first-order chi connectivity index (χ1) is 5.11. The number of rotatable bonds is 1. The van der Waals surface area contributed by atoms with Gasteiger partial charge in [0.2, 0.25) is 0 Å². The molecule has 0 spiro atoms. The van der Waals surface area contributed by atoms with Gasteiger partial charge < -0.3 is 4.55 Å². The first-order valence-electron chi connectivity index (χ1n) is 2.98. The summed E-state index contributed by atoms with van der Waals surface area (Å²) in [6.07, 6.45) is 0. The zero-order valence-corrected chi connectivity index (χ0v) is 8.85. The third-order valence-corrected chi connectivity index (χ3v) is 3.16. The lowest BCUT2D eigenvalue weighted by Gasteiger charge is -1.98. The van der Waals surface area contributed by atoms with E-state index >= 15 is 0 Å². The van der Waals surface area contributed by atoms with Crippen LogP contribution in [0.5, 0.6) is 0 Å². The molecule has 1 unspecified atom stereocenters. The lowest BCUT2D eigenvalue weighted by Crippen LogP contribution is -1.89. The Morgan fingerprint density at radius 2 is 2.18 bits per heavy atom. The van der Waals surface area contributed by atoms with Crippen LogP contribution in [0.4, 0.5) is 0 Å². The van der Waals surface area contributed by atoms with Crippen molar-refractivity contribution in [3.8, 4) is 0 Å². The van der Waals surface area contributed by atoms with Crippen molar-refractivity contribution in [3.05, 3.63) is 27.3 Å². The Labute approximate surface area is 81.4 Å². The molecule has 0 saturated carbocycles. The fourth-order valence-electron chi connectivity index (χ4n) is 0.682. The molecule has 2 nitrogen and oxygen atoms in total. The highest BCUT2D eigenvalue weighted by atomic mass is 127. The highest BCUT2D eigenvalue weighted by Crippen LogP contribution is 2.14. The summed E-state index contributed by atoms with van der Waals surface area (Å²) in [7, 11) is 0. The predicted octanol–water partition coefficient (Wildman–Crippen LogP) is 2.18. The van der Waals surface area contributed by atoms with Gasteiger partial charge in [0.25, 0.3) is 0 Å². The van der Waals surface area contributed by atoms with Gasteiger partial charge in [-0.3, -0.25) is 0 Å². The molecule has 1 N–H and O–H groups in total. The summed E-state index contributed by atoms with van der Waals surface area (Å²) < 4.78 is 20.3. The van der Waals surface area contributed by atoms with Crippen molar-refractivity contribution in [3.63, 3.8) is 0 Å². The summed E-state index contributed by atoms with van der Waals surface area (Å²) in [6, 6.07) is 5.21. The summed E-state index contributed by atoms with van der Waals surface area (Å²) >= 11 is 0.285. The molecule has 0 aliphatic heterocycles. The SMILES string of the molecule is Cc1ccc(S(=O)O)cc1I. The molecule has 0 amide bonds. The Bertz CT molecular complexity index is 298. The number of aryl methyl sites for hydroxylation is 1. The van der Waals surface area contributed by atoms with Crippen LogP contribution < -0.4 is 0 Å². The van der Waals surface area contributed by atoms with Gasteiger partial charge in [0.1, 0.15) is 0 Å². The molecule has 0 aliphatic carbocycles. The fourth-order valence-corrected chi connectivity index (χ4v) is 1.81. The van der Waals surface area contributed by atoms with E-state index in [9.17, 15) is 4.21 Å². The highest BCUT2D eigenvalue weighted by molar-refractivity contribution is 14.1. The van der Waals surface area contributed by atoms with Crippen LogP contribution in [-0.4, -0.2) is 8.76 Å². The second kappa shape index (κ2) is 3.64. The van der Waals surface area contributed by atoms with E-state index in [1.165, 1.54) is 0 Å². The molecular formula is C7H7IO2S. The molecule has 4 heteroatoms. The van der Waals surface area contributed by atoms with E-state index in [2.05, 4.69) is 22.6 Å². The Morgan fingerprint density at radius 1 is 1.55 bits per heavy atom. The van der Waals surface area contributed by atoms with Gasteiger partial charge in [-0.1, -0.05) is 6.07 Å². The average Bonchev–Trinajstić information content (AvgIpc) is 1.94. The van der Waals surface area contributed by atoms with E-state index < -0.39 is 11.1 Å². The zero-order valence-electron chi connectivity index (χ0n) is 5.87. The summed E-state index contributed by atoms with van der Waals surface area (Å²) in [6.45, 7) is 1.96. The fraction of sp³-hybridized carbons (Fsp3) is 0.143. The van der Waals surface area contributed by atoms with Crippen molar-refractivity contribution in [1.29, 1.82) is 0 Å². The maximum atomic E-state index is 10.6. The molecule has 1 aromatic rings. The first kappa shape index (κ1) is 9.15. The smallest absolute Gasteiger partial charge is 0.186 e. The van der Waals surface area contributed by atoms with Crippen LogP contribution in [0.15, 0.2) is 23.1 Å². The summed E-state index contributed by atoms with van der Waals surface area (Å²) in [5.74, 6) is 0. The number of hydrogen-bond donors (Lipinski definition) is 1. The van der Waals surface area contributed by atoms with Gasteiger partial charge in [-0.2, -0.15) is 0 Å². The van der Waals surface area contributed by atoms with E-state index in [1.54, 1.807) is 12.1 Å². The van der Waals surface area contributed by atoms with Gasteiger partial charge in [0.05, 0.1) is 4.90 Å². The van der Waals surface area contributed by atoms with Crippen LogP contribution in [0.1, 0.15) is 5.56 Å².